The first-order valence-corrected chi connectivity index (χ1v) is 8.58. The van der Waals surface area contributed by atoms with Crippen molar-refractivity contribution < 1.29 is 14.6 Å². The van der Waals surface area contributed by atoms with Gasteiger partial charge in [-0.1, -0.05) is 45.0 Å². The molecule has 0 radical (unpaired) electrons. The molecule has 1 N–H and O–H groups in total. The highest BCUT2D eigenvalue weighted by Crippen LogP contribution is 2.25. The Bertz CT molecular complexity index is 655. The molecule has 0 aliphatic carbocycles. The molecular weight excluding hydrogens is 403 g/mol. The minimum absolute atomic E-state index is 0.0614. The molecule has 122 valence electrons. The fourth-order valence-corrected chi connectivity index (χ4v) is 2.57. The molecule has 0 fully saturated rings. The summed E-state index contributed by atoms with van der Waals surface area (Å²) in [6.07, 6.45) is -0.552. The number of hydrogen-bond acceptors (Lipinski definition) is 2. The van der Waals surface area contributed by atoms with Gasteiger partial charge in [0.15, 0.2) is 6.10 Å². The van der Waals surface area contributed by atoms with Crippen LogP contribution in [0.25, 0.3) is 0 Å². The molecule has 0 bridgehead atoms. The first-order chi connectivity index (χ1) is 10.8. The maximum absolute atomic E-state index is 11.5. The zero-order chi connectivity index (χ0) is 17.0. The van der Waals surface area contributed by atoms with Crippen molar-refractivity contribution >= 4 is 28.6 Å². The number of carboxylic acids is 1. The number of carboxylic acid groups (broad SMARTS) is 1. The summed E-state index contributed by atoms with van der Waals surface area (Å²) in [6, 6.07) is 15.4. The van der Waals surface area contributed by atoms with Crippen LogP contribution in [0.5, 0.6) is 5.75 Å². The zero-order valence-electron chi connectivity index (χ0n) is 13.5. The smallest absolute Gasteiger partial charge is 0.345 e. The Labute approximate surface area is 150 Å². The molecule has 0 saturated carbocycles. The van der Waals surface area contributed by atoms with Gasteiger partial charge in [0, 0.05) is 9.99 Å². The first kappa shape index (κ1) is 17.8. The van der Waals surface area contributed by atoms with E-state index in [1.54, 1.807) is 0 Å². The summed E-state index contributed by atoms with van der Waals surface area (Å²) in [5.41, 5.74) is 2.20. The van der Waals surface area contributed by atoms with Crippen LogP contribution in [0.2, 0.25) is 0 Å². The average molecular weight is 424 g/mol. The summed E-state index contributed by atoms with van der Waals surface area (Å²) >= 11 is 2.22. The Kier molecular flexibility index (Phi) is 5.68. The topological polar surface area (TPSA) is 46.5 Å². The number of ether oxygens (including phenoxy) is 1. The van der Waals surface area contributed by atoms with E-state index in [9.17, 15) is 9.90 Å². The van der Waals surface area contributed by atoms with Gasteiger partial charge in [-0.05, 0) is 63.4 Å². The van der Waals surface area contributed by atoms with Gasteiger partial charge in [0.25, 0.3) is 0 Å². The Morgan fingerprint density at radius 2 is 1.65 bits per heavy atom. The molecule has 23 heavy (non-hydrogen) atoms. The van der Waals surface area contributed by atoms with Gasteiger partial charge in [-0.2, -0.15) is 0 Å². The van der Waals surface area contributed by atoms with Crippen molar-refractivity contribution in [3.8, 4) is 5.75 Å². The minimum Gasteiger partial charge on any atom is -0.478 e. The highest BCUT2D eigenvalue weighted by molar-refractivity contribution is 14.1. The van der Waals surface area contributed by atoms with E-state index in [-0.39, 0.29) is 5.41 Å². The van der Waals surface area contributed by atoms with E-state index in [1.807, 2.05) is 48.5 Å². The molecule has 3 nitrogen and oxygen atoms in total. The Balaban J connectivity index is 2.10. The van der Waals surface area contributed by atoms with E-state index in [0.29, 0.717) is 12.2 Å². The molecule has 0 saturated heterocycles. The lowest BCUT2D eigenvalue weighted by molar-refractivity contribution is -0.145. The predicted octanol–water partition coefficient (Wildman–Crippen LogP) is 4.66. The molecule has 0 aliphatic rings. The van der Waals surface area contributed by atoms with Crippen molar-refractivity contribution in [3.63, 3.8) is 0 Å². The molecule has 2 aromatic carbocycles. The fourth-order valence-electron chi connectivity index (χ4n) is 2.21. The zero-order valence-corrected chi connectivity index (χ0v) is 15.7. The van der Waals surface area contributed by atoms with Crippen molar-refractivity contribution in [1.29, 1.82) is 0 Å². The SMILES string of the molecule is CC(C)(C)c1ccc(O[C@H](Cc2ccc(I)cc2)C(=O)O)cc1. The highest BCUT2D eigenvalue weighted by atomic mass is 127. The molecule has 2 aromatic rings. The van der Waals surface area contributed by atoms with Crippen molar-refractivity contribution in [2.24, 2.45) is 0 Å². The molecule has 4 heteroatoms. The molecule has 0 heterocycles. The van der Waals surface area contributed by atoms with E-state index in [0.717, 1.165) is 9.13 Å². The Hall–Kier alpha value is -1.56. The average Bonchev–Trinajstić information content (AvgIpc) is 2.48. The van der Waals surface area contributed by atoms with Gasteiger partial charge in [0.05, 0.1) is 0 Å². The molecule has 2 rings (SSSR count). The highest BCUT2D eigenvalue weighted by Gasteiger charge is 2.20. The van der Waals surface area contributed by atoms with Crippen LogP contribution < -0.4 is 4.74 Å². The van der Waals surface area contributed by atoms with Crippen LogP contribution in [0.1, 0.15) is 31.9 Å². The number of benzene rings is 2. The summed E-state index contributed by atoms with van der Waals surface area (Å²) in [4.78, 5) is 11.5. The van der Waals surface area contributed by atoms with Crippen LogP contribution in [0, 0.1) is 3.57 Å². The van der Waals surface area contributed by atoms with Gasteiger partial charge in [0.1, 0.15) is 5.75 Å². The first-order valence-electron chi connectivity index (χ1n) is 7.50. The lowest BCUT2D eigenvalue weighted by atomic mass is 9.87. The monoisotopic (exact) mass is 424 g/mol. The Morgan fingerprint density at radius 1 is 1.09 bits per heavy atom. The van der Waals surface area contributed by atoms with E-state index >= 15 is 0 Å². The normalized spacial score (nSPS) is 12.7. The van der Waals surface area contributed by atoms with E-state index < -0.39 is 12.1 Å². The molecule has 0 aromatic heterocycles. The van der Waals surface area contributed by atoms with Crippen molar-refractivity contribution in [2.75, 3.05) is 0 Å². The predicted molar refractivity (Wildman–Crippen MR) is 100 cm³/mol. The van der Waals surface area contributed by atoms with Crippen LogP contribution in [0.15, 0.2) is 48.5 Å². The van der Waals surface area contributed by atoms with Crippen LogP contribution in [0.3, 0.4) is 0 Å². The van der Waals surface area contributed by atoms with Gasteiger partial charge in [0.2, 0.25) is 0 Å². The summed E-state index contributed by atoms with van der Waals surface area (Å²) in [5, 5.41) is 9.41. The Morgan fingerprint density at radius 3 is 2.13 bits per heavy atom. The van der Waals surface area contributed by atoms with Crippen LogP contribution in [-0.2, 0) is 16.6 Å². The summed E-state index contributed by atoms with van der Waals surface area (Å²) in [6.45, 7) is 6.42. The third kappa shape index (κ3) is 5.23. The van der Waals surface area contributed by atoms with E-state index in [1.165, 1.54) is 5.56 Å². The van der Waals surface area contributed by atoms with Gasteiger partial charge in [-0.25, -0.2) is 4.79 Å². The second-order valence-corrected chi connectivity index (χ2v) is 7.80. The number of rotatable bonds is 5. The summed E-state index contributed by atoms with van der Waals surface area (Å²) in [7, 11) is 0. The molecule has 0 amide bonds. The number of hydrogen-bond donors (Lipinski definition) is 1. The van der Waals surface area contributed by atoms with Crippen molar-refractivity contribution in [2.45, 2.75) is 38.7 Å². The van der Waals surface area contributed by atoms with Gasteiger partial charge in [-0.3, -0.25) is 0 Å². The molecule has 0 aliphatic heterocycles. The van der Waals surface area contributed by atoms with Crippen LogP contribution in [-0.4, -0.2) is 17.2 Å². The lowest BCUT2D eigenvalue weighted by Gasteiger charge is -2.20. The fraction of sp³-hybridized carbons (Fsp3) is 0.316. The quantitative estimate of drug-likeness (QED) is 0.711. The summed E-state index contributed by atoms with van der Waals surface area (Å²) in [5.74, 6) is -0.376. The molecular formula is C19H21IO3. The maximum Gasteiger partial charge on any atom is 0.345 e. The lowest BCUT2D eigenvalue weighted by Crippen LogP contribution is -2.29. The second-order valence-electron chi connectivity index (χ2n) is 6.55. The third-order valence-corrected chi connectivity index (χ3v) is 4.33. The second kappa shape index (κ2) is 7.34. The van der Waals surface area contributed by atoms with E-state index in [4.69, 9.17) is 4.74 Å². The number of carbonyl (C=O) groups is 1. The standard InChI is InChI=1S/C19H21IO3/c1-19(2,3)14-6-10-16(11-7-14)23-17(18(21)22)12-13-4-8-15(20)9-5-13/h4-11,17H,12H2,1-3H3,(H,21,22)/t17-/m1/s1. The van der Waals surface area contributed by atoms with E-state index in [2.05, 4.69) is 43.4 Å². The minimum atomic E-state index is -0.955. The van der Waals surface area contributed by atoms with Gasteiger partial charge < -0.3 is 9.84 Å². The maximum atomic E-state index is 11.5. The number of halogens is 1. The van der Waals surface area contributed by atoms with Crippen molar-refractivity contribution in [3.05, 3.63) is 63.2 Å². The van der Waals surface area contributed by atoms with Crippen molar-refractivity contribution in [1.82, 2.24) is 0 Å². The van der Waals surface area contributed by atoms with Gasteiger partial charge in [-0.15, -0.1) is 0 Å². The largest absolute Gasteiger partial charge is 0.478 e. The third-order valence-electron chi connectivity index (χ3n) is 3.61. The molecule has 1 atom stereocenters. The molecule has 0 spiro atoms. The molecule has 0 unspecified atom stereocenters. The van der Waals surface area contributed by atoms with Gasteiger partial charge >= 0.3 is 5.97 Å². The number of aliphatic carboxylic acids is 1. The van der Waals surface area contributed by atoms with Crippen LogP contribution >= 0.6 is 22.6 Å². The summed E-state index contributed by atoms with van der Waals surface area (Å²) < 4.78 is 6.80. The van der Waals surface area contributed by atoms with Crippen LogP contribution in [0.4, 0.5) is 0 Å².